The maximum Gasteiger partial charge on any atom is 0.233 e. The molecule has 1 saturated heterocycles. The van der Waals surface area contributed by atoms with E-state index in [2.05, 4.69) is 11.8 Å². The molecule has 7 nitrogen and oxygen atoms in total. The van der Waals surface area contributed by atoms with Gasteiger partial charge in [-0.15, -0.1) is 11.8 Å². The number of aliphatic hydroxyl groups excluding tert-OH is 2. The summed E-state index contributed by atoms with van der Waals surface area (Å²) in [7, 11) is -3.50. The summed E-state index contributed by atoms with van der Waals surface area (Å²) in [5.41, 5.74) is 0. The van der Waals surface area contributed by atoms with Gasteiger partial charge in [-0.1, -0.05) is 18.6 Å². The molecule has 1 amide bonds. The van der Waals surface area contributed by atoms with Crippen LogP contribution in [0.1, 0.15) is 58.3 Å². The number of nitrogens with one attached hydrogen (secondary N) is 1. The number of unbranched alkanes of at least 4 members (excludes halogenated alkanes) is 1. The predicted molar refractivity (Wildman–Crippen MR) is 110 cm³/mol. The zero-order chi connectivity index (χ0) is 21.4. The van der Waals surface area contributed by atoms with E-state index in [0.717, 1.165) is 25.5 Å². The van der Waals surface area contributed by atoms with Crippen LogP contribution in [0.25, 0.3) is 0 Å². The third kappa shape index (κ3) is 8.09. The molecule has 1 aliphatic heterocycles. The molecule has 164 valence electrons. The summed E-state index contributed by atoms with van der Waals surface area (Å²) < 4.78 is 30.1. The van der Waals surface area contributed by atoms with Crippen LogP contribution in [0.5, 0.6) is 0 Å². The number of ether oxygens (including phenoxy) is 1. The Balaban J connectivity index is 1.73. The van der Waals surface area contributed by atoms with Crippen molar-refractivity contribution in [1.82, 2.24) is 4.72 Å². The summed E-state index contributed by atoms with van der Waals surface area (Å²) in [4.78, 5) is 11.5. The summed E-state index contributed by atoms with van der Waals surface area (Å²) in [5.74, 6) is 5.49. The SMILES string of the molecule is CC#CCC[C@H](O)/C=C/[C@@H]1[C@H]2C[C@H](CCCCC(=O)NS(C)(=O)=O)O[C@H]2C[C@H]1O. The number of hydrogen-bond acceptors (Lipinski definition) is 6. The molecule has 0 aromatic heterocycles. The molecule has 0 unspecified atom stereocenters. The molecule has 0 bridgehead atoms. The molecular formula is C21H33NO6S. The van der Waals surface area contributed by atoms with Crippen LogP contribution >= 0.6 is 0 Å². The lowest BCUT2D eigenvalue weighted by atomic mass is 9.89. The first-order valence-electron chi connectivity index (χ1n) is 10.3. The second-order valence-electron chi connectivity index (χ2n) is 8.04. The number of carbonyl (C=O) groups is 1. The first kappa shape index (κ1) is 23.9. The minimum Gasteiger partial charge on any atom is -0.392 e. The highest BCUT2D eigenvalue weighted by Crippen LogP contribution is 2.45. The van der Waals surface area contributed by atoms with Gasteiger partial charge in [0.05, 0.1) is 30.7 Å². The van der Waals surface area contributed by atoms with Gasteiger partial charge in [0.2, 0.25) is 15.9 Å². The fourth-order valence-electron chi connectivity index (χ4n) is 4.24. The molecule has 0 radical (unpaired) electrons. The second kappa shape index (κ2) is 11.1. The summed E-state index contributed by atoms with van der Waals surface area (Å²) in [6, 6.07) is 0. The highest BCUT2D eigenvalue weighted by Gasteiger charge is 2.47. The van der Waals surface area contributed by atoms with Crippen molar-refractivity contribution in [3.05, 3.63) is 12.2 Å². The quantitative estimate of drug-likeness (QED) is 0.277. The summed E-state index contributed by atoms with van der Waals surface area (Å²) >= 11 is 0. The van der Waals surface area contributed by atoms with Gasteiger partial charge in [0, 0.05) is 25.2 Å². The van der Waals surface area contributed by atoms with Crippen LogP contribution in [0.15, 0.2) is 12.2 Å². The van der Waals surface area contributed by atoms with Crippen molar-refractivity contribution >= 4 is 15.9 Å². The Labute approximate surface area is 174 Å². The van der Waals surface area contributed by atoms with Gasteiger partial charge in [-0.05, 0) is 38.5 Å². The Kier molecular flexibility index (Phi) is 9.15. The fourth-order valence-corrected chi connectivity index (χ4v) is 4.76. The van der Waals surface area contributed by atoms with Crippen molar-refractivity contribution < 1.29 is 28.2 Å². The Bertz CT molecular complexity index is 738. The lowest BCUT2D eigenvalue weighted by molar-refractivity contribution is -0.119. The molecule has 0 aromatic rings. The van der Waals surface area contributed by atoms with Crippen LogP contribution < -0.4 is 4.72 Å². The molecule has 2 rings (SSSR count). The van der Waals surface area contributed by atoms with Crippen molar-refractivity contribution in [2.24, 2.45) is 11.8 Å². The zero-order valence-corrected chi connectivity index (χ0v) is 18.0. The Morgan fingerprint density at radius 1 is 1.34 bits per heavy atom. The van der Waals surface area contributed by atoms with Crippen molar-refractivity contribution in [3.8, 4) is 11.8 Å². The average Bonchev–Trinajstić information content (AvgIpc) is 3.12. The zero-order valence-electron chi connectivity index (χ0n) is 17.2. The molecule has 3 N–H and O–H groups in total. The molecule has 1 heterocycles. The van der Waals surface area contributed by atoms with E-state index in [4.69, 9.17) is 4.74 Å². The van der Waals surface area contributed by atoms with Crippen molar-refractivity contribution in [1.29, 1.82) is 0 Å². The number of aliphatic hydroxyl groups is 2. The highest BCUT2D eigenvalue weighted by atomic mass is 32.2. The molecule has 2 fully saturated rings. The standard InChI is InChI=1S/C21H33NO6S/c1-3-4-5-8-15(23)11-12-17-18-13-16(28-20(18)14-19(17)24)9-6-7-10-21(25)22-29(2,26)27/h11-12,15-20,23-24H,5-10,13-14H2,1-2H3,(H,22,25)/b12-11+/t15-,16-,17+,18+,19+,20-/m0/s1. The van der Waals surface area contributed by atoms with Gasteiger partial charge in [-0.25, -0.2) is 8.42 Å². The van der Waals surface area contributed by atoms with Crippen LogP contribution in [-0.4, -0.2) is 55.2 Å². The van der Waals surface area contributed by atoms with Crippen LogP contribution in [0.3, 0.4) is 0 Å². The maximum atomic E-state index is 11.5. The van der Waals surface area contributed by atoms with Gasteiger partial charge in [0.1, 0.15) is 0 Å². The van der Waals surface area contributed by atoms with Gasteiger partial charge in [-0.2, -0.15) is 0 Å². The van der Waals surface area contributed by atoms with Crippen molar-refractivity contribution in [2.75, 3.05) is 6.26 Å². The molecule has 1 saturated carbocycles. The van der Waals surface area contributed by atoms with Gasteiger partial charge < -0.3 is 14.9 Å². The maximum absolute atomic E-state index is 11.5. The van der Waals surface area contributed by atoms with E-state index in [0.29, 0.717) is 25.7 Å². The van der Waals surface area contributed by atoms with Crippen LogP contribution in [0.2, 0.25) is 0 Å². The van der Waals surface area contributed by atoms with E-state index in [9.17, 15) is 23.4 Å². The number of hydrogen-bond donors (Lipinski definition) is 3. The largest absolute Gasteiger partial charge is 0.392 e. The lowest BCUT2D eigenvalue weighted by Crippen LogP contribution is -2.29. The molecule has 29 heavy (non-hydrogen) atoms. The minimum absolute atomic E-state index is 0.0163. The third-order valence-corrected chi connectivity index (χ3v) is 6.17. The molecule has 2 aliphatic rings. The number of carbonyl (C=O) groups excluding carboxylic acids is 1. The molecule has 0 aromatic carbocycles. The highest BCUT2D eigenvalue weighted by molar-refractivity contribution is 7.89. The Morgan fingerprint density at radius 2 is 2.10 bits per heavy atom. The number of amides is 1. The number of fused-ring (bicyclic) bond motifs is 1. The second-order valence-corrected chi connectivity index (χ2v) is 9.79. The van der Waals surface area contributed by atoms with Crippen molar-refractivity contribution in [3.63, 3.8) is 0 Å². The first-order chi connectivity index (χ1) is 13.7. The average molecular weight is 428 g/mol. The van der Waals surface area contributed by atoms with E-state index in [1.807, 2.05) is 10.8 Å². The predicted octanol–water partition coefficient (Wildman–Crippen LogP) is 1.50. The van der Waals surface area contributed by atoms with Crippen LogP contribution in [-0.2, 0) is 19.6 Å². The van der Waals surface area contributed by atoms with Gasteiger partial charge in [-0.3, -0.25) is 9.52 Å². The Morgan fingerprint density at radius 3 is 2.79 bits per heavy atom. The Hall–Kier alpha value is -1.40. The van der Waals surface area contributed by atoms with Gasteiger partial charge >= 0.3 is 0 Å². The van der Waals surface area contributed by atoms with Gasteiger partial charge in [0.25, 0.3) is 0 Å². The summed E-state index contributed by atoms with van der Waals surface area (Å²) in [6.07, 6.45) is 8.83. The van der Waals surface area contributed by atoms with E-state index < -0.39 is 28.1 Å². The molecule has 6 atom stereocenters. The van der Waals surface area contributed by atoms with E-state index in [1.165, 1.54) is 0 Å². The summed E-state index contributed by atoms with van der Waals surface area (Å²) in [6.45, 7) is 1.78. The summed E-state index contributed by atoms with van der Waals surface area (Å²) in [5, 5.41) is 20.4. The van der Waals surface area contributed by atoms with Crippen LogP contribution in [0.4, 0.5) is 0 Å². The normalized spacial score (nSPS) is 30.0. The lowest BCUT2D eigenvalue weighted by Gasteiger charge is -2.18. The molecule has 8 heteroatoms. The van der Waals surface area contributed by atoms with E-state index in [1.54, 1.807) is 13.0 Å². The molecule has 1 aliphatic carbocycles. The van der Waals surface area contributed by atoms with E-state index in [-0.39, 0.29) is 30.5 Å². The smallest absolute Gasteiger partial charge is 0.233 e. The molecule has 0 spiro atoms. The first-order valence-corrected chi connectivity index (χ1v) is 12.2. The van der Waals surface area contributed by atoms with Crippen LogP contribution in [0, 0.1) is 23.7 Å². The third-order valence-electron chi connectivity index (χ3n) is 5.57. The topological polar surface area (TPSA) is 113 Å². The number of sulfonamides is 1. The van der Waals surface area contributed by atoms with Crippen molar-refractivity contribution in [2.45, 2.75) is 82.7 Å². The monoisotopic (exact) mass is 427 g/mol. The minimum atomic E-state index is -3.50. The number of rotatable bonds is 10. The fraction of sp³-hybridized carbons (Fsp3) is 0.762. The molecular weight excluding hydrogens is 394 g/mol. The van der Waals surface area contributed by atoms with E-state index >= 15 is 0 Å². The van der Waals surface area contributed by atoms with Gasteiger partial charge in [0.15, 0.2) is 0 Å².